The number of nitrogens with one attached hydrogen (secondary N) is 1. The Hall–Kier alpha value is -0.740. The number of likely N-dealkylation sites (N-methyl/N-ethyl adjacent to an activating group) is 1. The standard InChI is InChI=1S/C14H25N3S.H2O4S/c1-4-9-15-14-16-12-8-7-11(10-13(12)18-14)17(5-2)6-3;1-5(2,3)4/h11H,4-10H2,1-3H3,(H,15,16);(H2,1,2,3,4)/p-2/t11-;/m0./s1. The minimum absolute atomic E-state index is 0.729. The molecule has 9 heteroatoms. The smallest absolute Gasteiger partial charge is 0.183 e. The number of aromatic nitrogens is 1. The van der Waals surface area contributed by atoms with Gasteiger partial charge in [-0.2, -0.15) is 0 Å². The van der Waals surface area contributed by atoms with Crippen molar-refractivity contribution in [3.05, 3.63) is 10.6 Å². The Bertz CT molecular complexity index is 563. The molecule has 2 rings (SSSR count). The Morgan fingerprint density at radius 2 is 1.91 bits per heavy atom. The van der Waals surface area contributed by atoms with Gasteiger partial charge in [-0.1, -0.05) is 20.8 Å². The second-order valence-corrected chi connectivity index (χ2v) is 7.24. The molecule has 23 heavy (non-hydrogen) atoms. The highest BCUT2D eigenvalue weighted by Gasteiger charge is 2.25. The number of hydrogen-bond donors (Lipinski definition) is 1. The quantitative estimate of drug-likeness (QED) is 0.606. The normalized spacial score (nSPS) is 17.4. The molecule has 0 fully saturated rings. The zero-order valence-corrected chi connectivity index (χ0v) is 15.5. The molecule has 1 aromatic heterocycles. The van der Waals surface area contributed by atoms with Gasteiger partial charge >= 0.3 is 0 Å². The van der Waals surface area contributed by atoms with Crippen LogP contribution >= 0.6 is 11.3 Å². The van der Waals surface area contributed by atoms with E-state index in [0.29, 0.717) is 0 Å². The van der Waals surface area contributed by atoms with Crippen LogP contribution < -0.4 is 5.32 Å². The molecule has 1 aliphatic carbocycles. The zero-order chi connectivity index (χ0) is 17.5. The molecule has 0 saturated heterocycles. The van der Waals surface area contributed by atoms with Crippen molar-refractivity contribution >= 4 is 26.9 Å². The van der Waals surface area contributed by atoms with E-state index in [9.17, 15) is 0 Å². The van der Waals surface area contributed by atoms with E-state index in [0.717, 1.165) is 43.6 Å². The Morgan fingerprint density at radius 1 is 1.30 bits per heavy atom. The Labute approximate surface area is 142 Å². The first-order valence-corrected chi connectivity index (χ1v) is 10.1. The maximum atomic E-state index is 8.52. The van der Waals surface area contributed by atoms with E-state index < -0.39 is 10.4 Å². The summed E-state index contributed by atoms with van der Waals surface area (Å²) >= 11 is 1.87. The maximum absolute atomic E-state index is 8.52. The molecule has 0 amide bonds. The molecule has 7 nitrogen and oxygen atoms in total. The molecule has 0 spiro atoms. The summed E-state index contributed by atoms with van der Waals surface area (Å²) in [5, 5.41) is 4.54. The van der Waals surface area contributed by atoms with Crippen LogP contribution in [0.15, 0.2) is 0 Å². The second kappa shape index (κ2) is 9.53. The van der Waals surface area contributed by atoms with Crippen molar-refractivity contribution in [3.8, 4) is 0 Å². The van der Waals surface area contributed by atoms with Gasteiger partial charge in [0, 0.05) is 27.9 Å². The number of anilines is 1. The fraction of sp³-hybridized carbons (Fsp3) is 0.786. The Balaban J connectivity index is 0.000000463. The first-order valence-electron chi connectivity index (χ1n) is 7.91. The lowest BCUT2D eigenvalue weighted by Crippen LogP contribution is -2.38. The van der Waals surface area contributed by atoms with Gasteiger partial charge in [0.2, 0.25) is 0 Å². The van der Waals surface area contributed by atoms with Gasteiger partial charge in [-0.15, -0.1) is 11.3 Å². The summed E-state index contributed by atoms with van der Waals surface area (Å²) in [6, 6.07) is 0.729. The van der Waals surface area contributed by atoms with E-state index in [1.807, 2.05) is 11.3 Å². The topological polar surface area (TPSA) is 108 Å². The van der Waals surface area contributed by atoms with Crippen LogP contribution in [0.4, 0.5) is 5.13 Å². The molecular weight excluding hydrogens is 338 g/mol. The lowest BCUT2D eigenvalue weighted by molar-refractivity contribution is 0.199. The highest BCUT2D eigenvalue weighted by Crippen LogP contribution is 2.31. The zero-order valence-electron chi connectivity index (χ0n) is 13.9. The molecule has 0 radical (unpaired) electrons. The number of hydrogen-bond acceptors (Lipinski definition) is 8. The molecule has 134 valence electrons. The number of fused-ring (bicyclic) bond motifs is 1. The van der Waals surface area contributed by atoms with Crippen LogP contribution in [0.1, 0.15) is 44.2 Å². The van der Waals surface area contributed by atoms with Gasteiger partial charge in [-0.05, 0) is 38.8 Å². The number of thiazole rings is 1. The molecule has 1 heterocycles. The molecule has 1 aromatic rings. The van der Waals surface area contributed by atoms with Crippen molar-refractivity contribution in [3.63, 3.8) is 0 Å². The average Bonchev–Trinajstić information content (AvgIpc) is 2.86. The average molecular weight is 364 g/mol. The third kappa shape index (κ3) is 7.58. The summed E-state index contributed by atoms with van der Waals surface area (Å²) in [6.07, 6.45) is 4.78. The Kier molecular flexibility index (Phi) is 8.41. The van der Waals surface area contributed by atoms with E-state index in [4.69, 9.17) is 22.5 Å². The minimum atomic E-state index is -5.17. The predicted octanol–water partition coefficient (Wildman–Crippen LogP) is 1.83. The first kappa shape index (κ1) is 20.3. The van der Waals surface area contributed by atoms with Crippen LogP contribution in [0.2, 0.25) is 0 Å². The molecule has 1 N–H and O–H groups in total. The first-order chi connectivity index (χ1) is 10.8. The summed E-state index contributed by atoms with van der Waals surface area (Å²) in [4.78, 5) is 8.82. The Morgan fingerprint density at radius 3 is 2.43 bits per heavy atom. The summed E-state index contributed by atoms with van der Waals surface area (Å²) < 4.78 is 34.1. The number of rotatable bonds is 6. The lowest BCUT2D eigenvalue weighted by Gasteiger charge is -2.31. The van der Waals surface area contributed by atoms with Crippen LogP contribution in [-0.4, -0.2) is 53.1 Å². The summed E-state index contributed by atoms with van der Waals surface area (Å²) in [7, 11) is -5.17. The van der Waals surface area contributed by atoms with Gasteiger partial charge in [0.15, 0.2) is 5.13 Å². The van der Waals surface area contributed by atoms with Crippen molar-refractivity contribution in [2.24, 2.45) is 0 Å². The van der Waals surface area contributed by atoms with Crippen molar-refractivity contribution < 1.29 is 17.5 Å². The maximum Gasteiger partial charge on any atom is 0.183 e. The van der Waals surface area contributed by atoms with Gasteiger partial charge in [-0.3, -0.25) is 8.42 Å². The van der Waals surface area contributed by atoms with Crippen LogP contribution in [0.25, 0.3) is 0 Å². The van der Waals surface area contributed by atoms with Crippen molar-refractivity contribution in [1.82, 2.24) is 9.88 Å². The molecule has 0 unspecified atom stereocenters. The van der Waals surface area contributed by atoms with Gasteiger partial charge in [0.1, 0.15) is 0 Å². The van der Waals surface area contributed by atoms with Gasteiger partial charge in [-0.25, -0.2) is 4.98 Å². The molecule has 1 atom stereocenters. The molecule has 0 saturated carbocycles. The summed E-state index contributed by atoms with van der Waals surface area (Å²) in [5.74, 6) is 0. The fourth-order valence-electron chi connectivity index (χ4n) is 2.72. The monoisotopic (exact) mass is 363 g/mol. The van der Waals surface area contributed by atoms with Crippen molar-refractivity contribution in [2.75, 3.05) is 25.0 Å². The largest absolute Gasteiger partial charge is 0.759 e. The molecule has 0 aliphatic heterocycles. The van der Waals surface area contributed by atoms with Crippen LogP contribution in [-0.2, 0) is 23.2 Å². The van der Waals surface area contributed by atoms with Crippen molar-refractivity contribution in [1.29, 1.82) is 0 Å². The predicted molar refractivity (Wildman–Crippen MR) is 90.1 cm³/mol. The third-order valence-corrected chi connectivity index (χ3v) is 4.85. The van der Waals surface area contributed by atoms with Crippen LogP contribution in [0.5, 0.6) is 0 Å². The second-order valence-electron chi connectivity index (χ2n) is 5.34. The van der Waals surface area contributed by atoms with E-state index in [1.54, 1.807) is 0 Å². The molecule has 1 aliphatic rings. The van der Waals surface area contributed by atoms with Crippen molar-refractivity contribution in [2.45, 2.75) is 52.5 Å². The van der Waals surface area contributed by atoms with Gasteiger partial charge in [0.05, 0.1) is 5.69 Å². The highest BCUT2D eigenvalue weighted by molar-refractivity contribution is 7.79. The van der Waals surface area contributed by atoms with E-state index >= 15 is 0 Å². The lowest BCUT2D eigenvalue weighted by atomic mass is 9.96. The van der Waals surface area contributed by atoms with Gasteiger partial charge in [0.25, 0.3) is 0 Å². The summed E-state index contributed by atoms with van der Waals surface area (Å²) in [5.41, 5.74) is 1.35. The van der Waals surface area contributed by atoms with E-state index in [-0.39, 0.29) is 0 Å². The number of nitrogens with zero attached hydrogens (tertiary/aromatic N) is 2. The summed E-state index contributed by atoms with van der Waals surface area (Å²) in [6.45, 7) is 10.1. The third-order valence-electron chi connectivity index (χ3n) is 3.77. The van der Waals surface area contributed by atoms with Crippen LogP contribution in [0.3, 0.4) is 0 Å². The molecular formula is C14H25N3O4S2-2. The molecule has 0 bridgehead atoms. The fourth-order valence-corrected chi connectivity index (χ4v) is 3.82. The highest BCUT2D eigenvalue weighted by atomic mass is 32.3. The van der Waals surface area contributed by atoms with E-state index in [2.05, 4.69) is 31.0 Å². The van der Waals surface area contributed by atoms with E-state index in [1.165, 1.54) is 23.4 Å². The van der Waals surface area contributed by atoms with Gasteiger partial charge < -0.3 is 19.3 Å². The minimum Gasteiger partial charge on any atom is -0.759 e. The van der Waals surface area contributed by atoms with Crippen LogP contribution in [0, 0.1) is 0 Å². The molecule has 0 aromatic carbocycles. The SMILES string of the molecule is CCCNc1nc2c(s1)C[C@@H](N(CC)CC)CC2.O=S(=O)([O-])[O-]. The number of aryl methyl sites for hydroxylation is 1.